The lowest BCUT2D eigenvalue weighted by Crippen LogP contribution is -2.39. The molecule has 1 amide bonds. The van der Waals surface area contributed by atoms with E-state index in [0.29, 0.717) is 6.54 Å². The highest BCUT2D eigenvalue weighted by Gasteiger charge is 2.17. The third kappa shape index (κ3) is 5.01. The zero-order valence-electron chi connectivity index (χ0n) is 12.8. The van der Waals surface area contributed by atoms with Gasteiger partial charge in [-0.3, -0.25) is 4.79 Å². The lowest BCUT2D eigenvalue weighted by Gasteiger charge is -2.23. The molecule has 1 aliphatic heterocycles. The normalized spacial score (nSPS) is 17.3. The van der Waals surface area contributed by atoms with Gasteiger partial charge in [0.05, 0.1) is 6.54 Å². The van der Waals surface area contributed by atoms with Crippen molar-refractivity contribution in [1.29, 1.82) is 0 Å². The van der Waals surface area contributed by atoms with Crippen molar-refractivity contribution in [2.75, 3.05) is 19.6 Å². The number of rotatable bonds is 5. The Balaban J connectivity index is 1.87. The monoisotopic (exact) mass is 308 g/mol. The number of benzene rings is 1. The molecule has 1 aliphatic rings. The van der Waals surface area contributed by atoms with Gasteiger partial charge in [-0.1, -0.05) is 43.5 Å². The molecule has 0 aliphatic carbocycles. The molecule has 0 saturated carbocycles. The van der Waals surface area contributed by atoms with Crippen LogP contribution < -0.4 is 5.32 Å². The van der Waals surface area contributed by atoms with Crippen LogP contribution in [0.4, 0.5) is 0 Å². The molecule has 1 aromatic carbocycles. The summed E-state index contributed by atoms with van der Waals surface area (Å²) in [5.41, 5.74) is 1.19. The number of nitrogens with zero attached hydrogens (tertiary/aromatic N) is 1. The van der Waals surface area contributed by atoms with Crippen molar-refractivity contribution in [2.24, 2.45) is 0 Å². The Morgan fingerprint density at radius 3 is 2.38 bits per heavy atom. The van der Waals surface area contributed by atoms with E-state index in [9.17, 15) is 4.79 Å². The van der Waals surface area contributed by atoms with Crippen LogP contribution in [0.2, 0.25) is 5.02 Å². The lowest BCUT2D eigenvalue weighted by molar-refractivity contribution is -0.130. The van der Waals surface area contributed by atoms with Gasteiger partial charge in [0.2, 0.25) is 5.91 Å². The molecule has 1 unspecified atom stereocenters. The number of nitrogens with one attached hydrogen (secondary N) is 1. The van der Waals surface area contributed by atoms with E-state index >= 15 is 0 Å². The average Bonchev–Trinajstić information content (AvgIpc) is 2.78. The summed E-state index contributed by atoms with van der Waals surface area (Å²) in [6.45, 7) is 4.38. The predicted octanol–water partition coefficient (Wildman–Crippen LogP) is 3.78. The SMILES string of the molecule is CCC(NCC(=O)N1CCCCCC1)c1ccc(Cl)cc1. The van der Waals surface area contributed by atoms with Crippen molar-refractivity contribution >= 4 is 17.5 Å². The lowest BCUT2D eigenvalue weighted by atomic mass is 10.0. The van der Waals surface area contributed by atoms with E-state index in [2.05, 4.69) is 12.2 Å². The van der Waals surface area contributed by atoms with Crippen LogP contribution >= 0.6 is 11.6 Å². The van der Waals surface area contributed by atoms with E-state index in [-0.39, 0.29) is 11.9 Å². The van der Waals surface area contributed by atoms with E-state index in [1.165, 1.54) is 18.4 Å². The van der Waals surface area contributed by atoms with Crippen LogP contribution in [0.15, 0.2) is 24.3 Å². The molecule has 21 heavy (non-hydrogen) atoms. The molecule has 0 aromatic heterocycles. The minimum Gasteiger partial charge on any atom is -0.342 e. The van der Waals surface area contributed by atoms with Gasteiger partial charge in [0.15, 0.2) is 0 Å². The molecule has 1 heterocycles. The maximum atomic E-state index is 12.3. The van der Waals surface area contributed by atoms with Crippen molar-refractivity contribution in [3.63, 3.8) is 0 Å². The van der Waals surface area contributed by atoms with Crippen LogP contribution in [-0.4, -0.2) is 30.4 Å². The van der Waals surface area contributed by atoms with E-state index in [0.717, 1.165) is 37.4 Å². The van der Waals surface area contributed by atoms with Crippen LogP contribution in [0.3, 0.4) is 0 Å². The minimum atomic E-state index is 0.207. The molecule has 2 rings (SSSR count). The standard InChI is InChI=1S/C17H25ClN2O/c1-2-16(14-7-9-15(18)10-8-14)19-13-17(21)20-11-5-3-4-6-12-20/h7-10,16,19H,2-6,11-13H2,1H3. The Morgan fingerprint density at radius 2 is 1.81 bits per heavy atom. The molecule has 116 valence electrons. The van der Waals surface area contributed by atoms with Crippen molar-refractivity contribution in [1.82, 2.24) is 10.2 Å². The van der Waals surface area contributed by atoms with Gasteiger partial charge in [-0.25, -0.2) is 0 Å². The zero-order chi connectivity index (χ0) is 15.1. The van der Waals surface area contributed by atoms with Gasteiger partial charge in [0.25, 0.3) is 0 Å². The molecule has 1 aromatic rings. The number of halogens is 1. The zero-order valence-corrected chi connectivity index (χ0v) is 13.5. The van der Waals surface area contributed by atoms with Crippen LogP contribution in [-0.2, 0) is 4.79 Å². The van der Waals surface area contributed by atoms with Crippen molar-refractivity contribution in [3.05, 3.63) is 34.9 Å². The summed E-state index contributed by atoms with van der Waals surface area (Å²) in [5, 5.41) is 4.13. The predicted molar refractivity (Wildman–Crippen MR) is 87.5 cm³/mol. The molecule has 1 fully saturated rings. The Kier molecular flexibility index (Phi) is 6.52. The Hall–Kier alpha value is -1.06. The van der Waals surface area contributed by atoms with Gasteiger partial charge in [0, 0.05) is 24.2 Å². The first-order valence-electron chi connectivity index (χ1n) is 7.97. The first kappa shape index (κ1) is 16.3. The number of carbonyl (C=O) groups is 1. The topological polar surface area (TPSA) is 32.3 Å². The summed E-state index contributed by atoms with van der Waals surface area (Å²) in [6.07, 6.45) is 5.73. The summed E-state index contributed by atoms with van der Waals surface area (Å²) in [4.78, 5) is 14.3. The number of hydrogen-bond acceptors (Lipinski definition) is 2. The van der Waals surface area contributed by atoms with E-state index in [1.807, 2.05) is 29.2 Å². The molecular weight excluding hydrogens is 284 g/mol. The second-order valence-corrected chi connectivity index (χ2v) is 6.12. The fraction of sp³-hybridized carbons (Fsp3) is 0.588. The highest BCUT2D eigenvalue weighted by molar-refractivity contribution is 6.30. The van der Waals surface area contributed by atoms with Crippen LogP contribution in [0.5, 0.6) is 0 Å². The Labute approximate surface area is 132 Å². The second-order valence-electron chi connectivity index (χ2n) is 5.69. The fourth-order valence-corrected chi connectivity index (χ4v) is 2.96. The van der Waals surface area contributed by atoms with Crippen molar-refractivity contribution in [3.8, 4) is 0 Å². The van der Waals surface area contributed by atoms with Gasteiger partial charge in [-0.2, -0.15) is 0 Å². The van der Waals surface area contributed by atoms with E-state index in [1.54, 1.807) is 0 Å². The minimum absolute atomic E-state index is 0.207. The van der Waals surface area contributed by atoms with E-state index in [4.69, 9.17) is 11.6 Å². The highest BCUT2D eigenvalue weighted by atomic mass is 35.5. The number of amides is 1. The van der Waals surface area contributed by atoms with Crippen molar-refractivity contribution < 1.29 is 4.79 Å². The summed E-state index contributed by atoms with van der Waals surface area (Å²) in [7, 11) is 0. The van der Waals surface area contributed by atoms with E-state index < -0.39 is 0 Å². The maximum Gasteiger partial charge on any atom is 0.236 e. The maximum absolute atomic E-state index is 12.3. The van der Waals surface area contributed by atoms with Crippen molar-refractivity contribution in [2.45, 2.75) is 45.1 Å². The smallest absolute Gasteiger partial charge is 0.236 e. The number of hydrogen-bond donors (Lipinski definition) is 1. The highest BCUT2D eigenvalue weighted by Crippen LogP contribution is 2.19. The largest absolute Gasteiger partial charge is 0.342 e. The molecule has 1 atom stereocenters. The second kappa shape index (κ2) is 8.40. The Bertz CT molecular complexity index is 439. The van der Waals surface area contributed by atoms with Gasteiger partial charge < -0.3 is 10.2 Å². The van der Waals surface area contributed by atoms with Crippen LogP contribution in [0, 0.1) is 0 Å². The summed E-state index contributed by atoms with van der Waals surface area (Å²) < 4.78 is 0. The molecule has 0 bridgehead atoms. The summed E-state index contributed by atoms with van der Waals surface area (Å²) in [6, 6.07) is 8.06. The average molecular weight is 309 g/mol. The molecule has 3 nitrogen and oxygen atoms in total. The molecule has 0 spiro atoms. The molecule has 1 N–H and O–H groups in total. The quantitative estimate of drug-likeness (QED) is 0.897. The third-order valence-corrected chi connectivity index (χ3v) is 4.39. The number of carbonyl (C=O) groups excluding carboxylic acids is 1. The Morgan fingerprint density at radius 1 is 1.19 bits per heavy atom. The summed E-state index contributed by atoms with van der Waals surface area (Å²) >= 11 is 5.92. The van der Waals surface area contributed by atoms with Gasteiger partial charge in [-0.15, -0.1) is 0 Å². The summed E-state index contributed by atoms with van der Waals surface area (Å²) in [5.74, 6) is 0.226. The van der Waals surface area contributed by atoms with Crippen LogP contribution in [0.1, 0.15) is 50.6 Å². The first-order chi connectivity index (χ1) is 10.2. The molecular formula is C17H25ClN2O. The third-order valence-electron chi connectivity index (χ3n) is 4.14. The number of likely N-dealkylation sites (tertiary alicyclic amines) is 1. The molecule has 0 radical (unpaired) electrons. The molecule has 4 heteroatoms. The molecule has 1 saturated heterocycles. The first-order valence-corrected chi connectivity index (χ1v) is 8.35. The van der Waals surface area contributed by atoms with Gasteiger partial charge in [-0.05, 0) is 37.0 Å². The van der Waals surface area contributed by atoms with Crippen LogP contribution in [0.25, 0.3) is 0 Å². The van der Waals surface area contributed by atoms with Gasteiger partial charge >= 0.3 is 0 Å². The fourth-order valence-electron chi connectivity index (χ4n) is 2.84. The van der Waals surface area contributed by atoms with Gasteiger partial charge in [0.1, 0.15) is 0 Å².